The molecule has 2 unspecified atom stereocenters. The molecular formula is C11H30N6. The molecule has 0 saturated heterocycles. The Labute approximate surface area is 104 Å². The molecule has 104 valence electrons. The minimum absolute atomic E-state index is 0.0569. The molecule has 0 amide bonds. The maximum Gasteiger partial charge on any atom is 0.0692 e. The number of hydrogen-bond donors (Lipinski definition) is 6. The van der Waals surface area contributed by atoms with Crippen molar-refractivity contribution in [2.75, 3.05) is 19.6 Å². The number of hydrogen-bond acceptors (Lipinski definition) is 6. The first-order chi connectivity index (χ1) is 7.97. The smallest absolute Gasteiger partial charge is 0.0692 e. The summed E-state index contributed by atoms with van der Waals surface area (Å²) in [5.74, 6) is 0.0814. The summed E-state index contributed by atoms with van der Waals surface area (Å²) >= 11 is 0. The van der Waals surface area contributed by atoms with Gasteiger partial charge in [-0.2, -0.15) is 0 Å². The second kappa shape index (κ2) is 8.79. The van der Waals surface area contributed by atoms with E-state index in [0.29, 0.717) is 26.1 Å². The van der Waals surface area contributed by atoms with Crippen molar-refractivity contribution in [3.63, 3.8) is 0 Å². The van der Waals surface area contributed by atoms with E-state index in [2.05, 4.69) is 0 Å². The van der Waals surface area contributed by atoms with Gasteiger partial charge in [-0.1, -0.05) is 6.42 Å². The van der Waals surface area contributed by atoms with Crippen molar-refractivity contribution in [2.24, 2.45) is 40.3 Å². The van der Waals surface area contributed by atoms with E-state index in [9.17, 15) is 0 Å². The van der Waals surface area contributed by atoms with E-state index in [4.69, 9.17) is 34.4 Å². The monoisotopic (exact) mass is 246 g/mol. The molecule has 6 heteroatoms. The average molecular weight is 246 g/mol. The van der Waals surface area contributed by atoms with Gasteiger partial charge < -0.3 is 34.4 Å². The van der Waals surface area contributed by atoms with Crippen LogP contribution < -0.4 is 34.4 Å². The highest BCUT2D eigenvalue weighted by atomic mass is 15.0. The molecule has 0 spiro atoms. The zero-order chi connectivity index (χ0) is 13.3. The van der Waals surface area contributed by atoms with Crippen molar-refractivity contribution in [1.82, 2.24) is 0 Å². The molecule has 0 aromatic carbocycles. The lowest BCUT2D eigenvalue weighted by Gasteiger charge is -2.35. The normalized spacial score (nSPS) is 15.9. The van der Waals surface area contributed by atoms with Gasteiger partial charge in [0.05, 0.1) is 5.66 Å². The topological polar surface area (TPSA) is 156 Å². The number of rotatable bonds is 10. The Balaban J connectivity index is 4.20. The number of nitrogens with two attached hydrogens (primary N) is 6. The van der Waals surface area contributed by atoms with Crippen LogP contribution in [0, 0.1) is 5.92 Å². The van der Waals surface area contributed by atoms with E-state index in [1.165, 1.54) is 0 Å². The molecule has 0 rings (SSSR count). The van der Waals surface area contributed by atoms with Gasteiger partial charge in [0.25, 0.3) is 0 Å². The van der Waals surface area contributed by atoms with Gasteiger partial charge in [-0.05, 0) is 45.3 Å². The highest BCUT2D eigenvalue weighted by molar-refractivity contribution is 4.89. The van der Waals surface area contributed by atoms with Crippen molar-refractivity contribution in [3.05, 3.63) is 0 Å². The molecule has 0 aromatic heterocycles. The third-order valence-corrected chi connectivity index (χ3v) is 3.20. The summed E-state index contributed by atoms with van der Waals surface area (Å²) in [5, 5.41) is 0. The minimum atomic E-state index is -0.808. The summed E-state index contributed by atoms with van der Waals surface area (Å²) in [6.07, 6.45) is 4.16. The van der Waals surface area contributed by atoms with E-state index in [1.807, 2.05) is 0 Å². The van der Waals surface area contributed by atoms with Gasteiger partial charge in [0, 0.05) is 12.0 Å². The maximum absolute atomic E-state index is 6.13. The van der Waals surface area contributed by atoms with Crippen molar-refractivity contribution in [3.8, 4) is 0 Å². The fraction of sp³-hybridized carbons (Fsp3) is 1.00. The van der Waals surface area contributed by atoms with Gasteiger partial charge >= 0.3 is 0 Å². The fourth-order valence-electron chi connectivity index (χ4n) is 2.08. The third-order valence-electron chi connectivity index (χ3n) is 3.20. The van der Waals surface area contributed by atoms with Crippen LogP contribution in [0.5, 0.6) is 0 Å². The van der Waals surface area contributed by atoms with Crippen molar-refractivity contribution >= 4 is 0 Å². The van der Waals surface area contributed by atoms with Crippen molar-refractivity contribution in [2.45, 2.75) is 43.8 Å². The predicted molar refractivity (Wildman–Crippen MR) is 72.8 cm³/mol. The summed E-state index contributed by atoms with van der Waals surface area (Å²) in [4.78, 5) is 0. The quantitative estimate of drug-likeness (QED) is 0.201. The molecule has 0 aliphatic carbocycles. The fourth-order valence-corrected chi connectivity index (χ4v) is 2.08. The lowest BCUT2D eigenvalue weighted by molar-refractivity contribution is 0.229. The Morgan fingerprint density at radius 2 is 1.53 bits per heavy atom. The van der Waals surface area contributed by atoms with Crippen LogP contribution in [0.2, 0.25) is 0 Å². The molecule has 0 aromatic rings. The van der Waals surface area contributed by atoms with Gasteiger partial charge in [-0.25, -0.2) is 0 Å². The molecule has 0 radical (unpaired) electrons. The highest BCUT2D eigenvalue weighted by Gasteiger charge is 2.30. The van der Waals surface area contributed by atoms with E-state index in [1.54, 1.807) is 0 Å². The largest absolute Gasteiger partial charge is 0.330 e. The van der Waals surface area contributed by atoms with Crippen LogP contribution >= 0.6 is 0 Å². The summed E-state index contributed by atoms with van der Waals surface area (Å²) in [6, 6.07) is -0.0569. The van der Waals surface area contributed by atoms with Crippen molar-refractivity contribution in [1.29, 1.82) is 0 Å². The van der Waals surface area contributed by atoms with Crippen molar-refractivity contribution < 1.29 is 0 Å². The highest BCUT2D eigenvalue weighted by Crippen LogP contribution is 2.20. The summed E-state index contributed by atoms with van der Waals surface area (Å²) < 4.78 is 0. The van der Waals surface area contributed by atoms with Gasteiger partial charge in [0.15, 0.2) is 0 Å². The second-order valence-electron chi connectivity index (χ2n) is 4.87. The molecule has 0 aliphatic rings. The molecule has 0 aliphatic heterocycles. The molecule has 17 heavy (non-hydrogen) atoms. The standard InChI is InChI=1S/C11H30N6/c12-5-2-1-3-9(8-14)11(16,17)7-10(15)4-6-13/h9-10H,1-8,12-17H2. The molecular weight excluding hydrogens is 216 g/mol. The van der Waals surface area contributed by atoms with Crippen LogP contribution in [0.15, 0.2) is 0 Å². The zero-order valence-corrected chi connectivity index (χ0v) is 10.8. The lowest BCUT2D eigenvalue weighted by Crippen LogP contribution is -2.60. The van der Waals surface area contributed by atoms with Crippen LogP contribution in [0.3, 0.4) is 0 Å². The second-order valence-corrected chi connectivity index (χ2v) is 4.87. The van der Waals surface area contributed by atoms with Gasteiger partial charge in [0.1, 0.15) is 0 Å². The molecule has 2 atom stereocenters. The Kier molecular flexibility index (Phi) is 8.67. The van der Waals surface area contributed by atoms with E-state index in [-0.39, 0.29) is 12.0 Å². The van der Waals surface area contributed by atoms with Gasteiger partial charge in [-0.15, -0.1) is 0 Å². The van der Waals surface area contributed by atoms with E-state index < -0.39 is 5.66 Å². The van der Waals surface area contributed by atoms with Gasteiger partial charge in [-0.3, -0.25) is 0 Å². The first-order valence-electron chi connectivity index (χ1n) is 6.41. The maximum atomic E-state index is 6.13. The Morgan fingerprint density at radius 1 is 0.882 bits per heavy atom. The van der Waals surface area contributed by atoms with Crippen LogP contribution in [0.25, 0.3) is 0 Å². The molecule has 6 nitrogen and oxygen atoms in total. The lowest BCUT2D eigenvalue weighted by atomic mass is 9.84. The average Bonchev–Trinajstić information content (AvgIpc) is 2.23. The van der Waals surface area contributed by atoms with E-state index in [0.717, 1.165) is 25.7 Å². The van der Waals surface area contributed by atoms with Crippen LogP contribution in [0.1, 0.15) is 32.1 Å². The summed E-state index contributed by atoms with van der Waals surface area (Å²) in [6.45, 7) is 1.72. The molecule has 0 fully saturated rings. The minimum Gasteiger partial charge on any atom is -0.330 e. The van der Waals surface area contributed by atoms with E-state index >= 15 is 0 Å². The first-order valence-corrected chi connectivity index (χ1v) is 6.41. The summed E-state index contributed by atoms with van der Waals surface area (Å²) in [5.41, 5.74) is 34.0. The molecule has 12 N–H and O–H groups in total. The predicted octanol–water partition coefficient (Wildman–Crippen LogP) is -1.63. The third kappa shape index (κ3) is 6.92. The zero-order valence-electron chi connectivity index (χ0n) is 10.8. The molecule has 0 saturated carbocycles. The number of unbranched alkanes of at least 4 members (excludes halogenated alkanes) is 1. The SMILES string of the molecule is NCCCCC(CN)C(N)(N)CC(N)CCN. The Hall–Kier alpha value is -0.240. The summed E-state index contributed by atoms with van der Waals surface area (Å²) in [7, 11) is 0. The molecule has 0 heterocycles. The first kappa shape index (κ1) is 16.8. The van der Waals surface area contributed by atoms with Crippen LogP contribution in [-0.4, -0.2) is 31.3 Å². The van der Waals surface area contributed by atoms with Gasteiger partial charge in [0.2, 0.25) is 0 Å². The Bertz CT molecular complexity index is 185. The van der Waals surface area contributed by atoms with Crippen LogP contribution in [0.4, 0.5) is 0 Å². The Morgan fingerprint density at radius 3 is 2.00 bits per heavy atom. The molecule has 0 bridgehead atoms. The van der Waals surface area contributed by atoms with Crippen LogP contribution in [-0.2, 0) is 0 Å².